The quantitative estimate of drug-likeness (QED) is 0.317. The Balaban J connectivity index is 1.31. The van der Waals surface area contributed by atoms with Gasteiger partial charge in [-0.05, 0) is 55.2 Å². The van der Waals surface area contributed by atoms with E-state index in [-0.39, 0.29) is 29.9 Å². The number of carbonyl (C=O) groups is 1. The van der Waals surface area contributed by atoms with Gasteiger partial charge < -0.3 is 19.8 Å². The Morgan fingerprint density at radius 1 is 1.09 bits per heavy atom. The van der Waals surface area contributed by atoms with Crippen molar-refractivity contribution in [3.8, 4) is 11.7 Å². The first kappa shape index (κ1) is 21.9. The molecular weight excluding hydrogens is 451 g/mol. The van der Waals surface area contributed by atoms with E-state index in [4.69, 9.17) is 9.52 Å². The highest BCUT2D eigenvalue weighted by molar-refractivity contribution is 5.79. The van der Waals surface area contributed by atoms with E-state index in [0.29, 0.717) is 11.7 Å². The Bertz CT molecular complexity index is 1340. The van der Waals surface area contributed by atoms with Crippen LogP contribution in [-0.2, 0) is 4.79 Å². The molecule has 2 heterocycles. The number of anilines is 2. The topological polar surface area (TPSA) is 117 Å². The Labute approximate surface area is 191 Å². The molecule has 0 amide bonds. The zero-order chi connectivity index (χ0) is 23.8. The van der Waals surface area contributed by atoms with Crippen molar-refractivity contribution in [1.82, 2.24) is 20.2 Å². The Morgan fingerprint density at radius 3 is 2.53 bits per heavy atom. The largest absolute Gasteiger partial charge is 0.481 e. The van der Waals surface area contributed by atoms with Crippen LogP contribution in [0.4, 0.5) is 24.9 Å². The number of fused-ring (bicyclic) bond motifs is 1. The molecule has 5 rings (SSSR count). The second-order valence-electron chi connectivity index (χ2n) is 8.47. The molecule has 0 unspecified atom stereocenters. The molecule has 2 aromatic heterocycles. The summed E-state index contributed by atoms with van der Waals surface area (Å²) in [6, 6.07) is 7.37. The number of halogens is 3. The van der Waals surface area contributed by atoms with Crippen molar-refractivity contribution >= 4 is 28.7 Å². The predicted octanol–water partition coefficient (Wildman–Crippen LogP) is 5.52. The van der Waals surface area contributed by atoms with Gasteiger partial charge in [-0.2, -0.15) is 0 Å². The van der Waals surface area contributed by atoms with E-state index >= 15 is 0 Å². The molecule has 2 aromatic carbocycles. The Kier molecular flexibility index (Phi) is 5.68. The van der Waals surface area contributed by atoms with Crippen molar-refractivity contribution in [1.29, 1.82) is 0 Å². The minimum atomic E-state index is -1.56. The van der Waals surface area contributed by atoms with E-state index in [1.165, 1.54) is 0 Å². The summed E-state index contributed by atoms with van der Waals surface area (Å²) >= 11 is 0. The Morgan fingerprint density at radius 2 is 1.82 bits per heavy atom. The zero-order valence-corrected chi connectivity index (χ0v) is 17.8. The summed E-state index contributed by atoms with van der Waals surface area (Å²) in [6.45, 7) is 0. The van der Waals surface area contributed by atoms with E-state index in [9.17, 15) is 18.0 Å². The van der Waals surface area contributed by atoms with Gasteiger partial charge in [-0.3, -0.25) is 4.79 Å². The second kappa shape index (κ2) is 8.81. The lowest BCUT2D eigenvalue weighted by Crippen LogP contribution is -2.16. The van der Waals surface area contributed by atoms with Crippen molar-refractivity contribution in [2.45, 2.75) is 38.0 Å². The van der Waals surface area contributed by atoms with Gasteiger partial charge in [-0.1, -0.05) is 11.2 Å². The van der Waals surface area contributed by atoms with Gasteiger partial charge in [0.25, 0.3) is 5.89 Å². The molecule has 0 radical (unpaired) electrons. The number of hydrogen-bond acceptors (Lipinski definition) is 6. The third kappa shape index (κ3) is 4.45. The number of hydrogen-bond donors (Lipinski definition) is 3. The lowest BCUT2D eigenvalue weighted by molar-refractivity contribution is -0.138. The van der Waals surface area contributed by atoms with Crippen LogP contribution in [0.15, 0.2) is 34.7 Å². The van der Waals surface area contributed by atoms with Crippen LogP contribution in [0.5, 0.6) is 0 Å². The minimum Gasteiger partial charge on any atom is -0.481 e. The number of nitrogens with one attached hydrogen (secondary N) is 2. The molecule has 3 N–H and O–H groups in total. The first-order chi connectivity index (χ1) is 16.4. The van der Waals surface area contributed by atoms with Gasteiger partial charge in [0, 0.05) is 24.2 Å². The van der Waals surface area contributed by atoms with Crippen molar-refractivity contribution < 1.29 is 27.5 Å². The Hall–Kier alpha value is -3.89. The number of H-pyrrole nitrogens is 1. The van der Waals surface area contributed by atoms with E-state index < -0.39 is 23.4 Å². The number of nitrogens with zero attached hydrogens (tertiary/aromatic N) is 3. The number of rotatable bonds is 6. The standard InChI is InChI=1S/C23H20F3N5O3/c24-15-9-14(10-16(25)20(15)26)27-23-31-30-22(34-23)21-28-17-6-5-13(8-18(17)29-21)12-3-1-11(2-4-12)7-19(32)33/h5-6,8-12H,1-4,7H2,(H,27,31)(H,28,29)(H,32,33)/t11-,12-. The van der Waals surface area contributed by atoms with E-state index in [1.807, 2.05) is 18.2 Å². The average Bonchev–Trinajstić information content (AvgIpc) is 3.44. The van der Waals surface area contributed by atoms with E-state index in [2.05, 4.69) is 25.5 Å². The number of benzene rings is 2. The number of aliphatic carboxylic acids is 1. The van der Waals surface area contributed by atoms with Gasteiger partial charge in [-0.15, -0.1) is 5.10 Å². The first-order valence-corrected chi connectivity index (χ1v) is 10.8. The highest BCUT2D eigenvalue weighted by Crippen LogP contribution is 2.38. The van der Waals surface area contributed by atoms with Crippen molar-refractivity contribution in [3.63, 3.8) is 0 Å². The van der Waals surface area contributed by atoms with Crippen molar-refractivity contribution in [2.75, 3.05) is 5.32 Å². The lowest BCUT2D eigenvalue weighted by Gasteiger charge is -2.27. The third-order valence-electron chi connectivity index (χ3n) is 6.15. The maximum absolute atomic E-state index is 13.4. The molecule has 0 saturated heterocycles. The van der Waals surface area contributed by atoms with Gasteiger partial charge in [-0.25, -0.2) is 18.2 Å². The molecule has 1 aliphatic rings. The van der Waals surface area contributed by atoms with Crippen LogP contribution in [0.1, 0.15) is 43.6 Å². The van der Waals surface area contributed by atoms with E-state index in [0.717, 1.165) is 54.4 Å². The van der Waals surface area contributed by atoms with Gasteiger partial charge in [0.05, 0.1) is 11.0 Å². The molecule has 0 spiro atoms. The van der Waals surface area contributed by atoms with Crippen LogP contribution >= 0.6 is 0 Å². The van der Waals surface area contributed by atoms with Crippen LogP contribution < -0.4 is 5.32 Å². The van der Waals surface area contributed by atoms with Crippen LogP contribution in [0.2, 0.25) is 0 Å². The molecule has 1 fully saturated rings. The summed E-state index contributed by atoms with van der Waals surface area (Å²) in [5.41, 5.74) is 2.55. The molecule has 34 heavy (non-hydrogen) atoms. The summed E-state index contributed by atoms with van der Waals surface area (Å²) in [5, 5.41) is 19.2. The van der Waals surface area contributed by atoms with Gasteiger partial charge in [0.15, 0.2) is 23.3 Å². The minimum absolute atomic E-state index is 0.0671. The van der Waals surface area contributed by atoms with Crippen molar-refractivity contribution in [3.05, 3.63) is 53.3 Å². The fourth-order valence-electron chi connectivity index (χ4n) is 4.45. The summed E-state index contributed by atoms with van der Waals surface area (Å²) in [5.74, 6) is -4.01. The van der Waals surface area contributed by atoms with Crippen LogP contribution in [0.3, 0.4) is 0 Å². The number of carboxylic acids is 1. The first-order valence-electron chi connectivity index (χ1n) is 10.8. The predicted molar refractivity (Wildman–Crippen MR) is 116 cm³/mol. The second-order valence-corrected chi connectivity index (χ2v) is 8.47. The molecule has 1 aliphatic carbocycles. The van der Waals surface area contributed by atoms with Crippen LogP contribution in [0.25, 0.3) is 22.7 Å². The number of aromatic nitrogens is 4. The lowest BCUT2D eigenvalue weighted by atomic mass is 9.77. The fraction of sp³-hybridized carbons (Fsp3) is 0.304. The number of imidazole rings is 1. The van der Waals surface area contributed by atoms with Gasteiger partial charge >= 0.3 is 12.0 Å². The molecule has 176 valence electrons. The summed E-state index contributed by atoms with van der Waals surface area (Å²) in [6.07, 6.45) is 3.87. The summed E-state index contributed by atoms with van der Waals surface area (Å²) in [4.78, 5) is 18.6. The fourth-order valence-corrected chi connectivity index (χ4v) is 4.45. The highest BCUT2D eigenvalue weighted by atomic mass is 19.2. The van der Waals surface area contributed by atoms with Crippen molar-refractivity contribution in [2.24, 2.45) is 5.92 Å². The maximum atomic E-state index is 13.4. The SMILES string of the molecule is O=C(O)C[C@H]1CC[C@H](c2ccc3[nH]c(-c4nnc(Nc5cc(F)c(F)c(F)c5)o4)nc3c2)CC1. The average molecular weight is 471 g/mol. The van der Waals surface area contributed by atoms with Crippen LogP contribution in [0, 0.1) is 23.4 Å². The third-order valence-corrected chi connectivity index (χ3v) is 6.15. The molecule has 4 aromatic rings. The number of carboxylic acid groups (broad SMARTS) is 1. The molecule has 8 nitrogen and oxygen atoms in total. The maximum Gasteiger partial charge on any atom is 0.320 e. The smallest absolute Gasteiger partial charge is 0.320 e. The molecular formula is C23H20F3N5O3. The highest BCUT2D eigenvalue weighted by Gasteiger charge is 2.24. The molecule has 1 saturated carbocycles. The van der Waals surface area contributed by atoms with Gasteiger partial charge in [0.1, 0.15) is 0 Å². The summed E-state index contributed by atoms with van der Waals surface area (Å²) < 4.78 is 45.4. The van der Waals surface area contributed by atoms with E-state index in [1.54, 1.807) is 0 Å². The van der Waals surface area contributed by atoms with Crippen LogP contribution in [-0.4, -0.2) is 31.2 Å². The number of aromatic amines is 1. The summed E-state index contributed by atoms with van der Waals surface area (Å²) in [7, 11) is 0. The monoisotopic (exact) mass is 471 g/mol. The molecule has 0 bridgehead atoms. The molecule has 0 aliphatic heterocycles. The zero-order valence-electron chi connectivity index (χ0n) is 17.8. The molecule has 11 heteroatoms. The molecule has 0 atom stereocenters. The normalized spacial score (nSPS) is 18.3. The van der Waals surface area contributed by atoms with Gasteiger partial charge in [0.2, 0.25) is 0 Å².